The lowest BCUT2D eigenvalue weighted by Gasteiger charge is -2.29. The molecule has 0 spiro atoms. The number of hydrogen-bond donors (Lipinski definition) is 1. The first-order chi connectivity index (χ1) is 11.0. The van der Waals surface area contributed by atoms with Gasteiger partial charge >= 0.3 is 5.97 Å². The first kappa shape index (κ1) is 15.6. The molecule has 0 saturated heterocycles. The Kier molecular flexibility index (Phi) is 4.34. The standard InChI is InChI=1S/C17H17NO4S/c1-11(22-17(21)12-2-4-14(19)5-3-12)16(20)18-8-6-15-13(10-18)7-9-23-15/h2-5,7,9,11,19H,6,8,10H2,1H3. The lowest BCUT2D eigenvalue weighted by Crippen LogP contribution is -2.42. The highest BCUT2D eigenvalue weighted by molar-refractivity contribution is 7.10. The normalized spacial score (nSPS) is 14.9. The summed E-state index contributed by atoms with van der Waals surface area (Å²) in [4.78, 5) is 27.5. The molecule has 1 aliphatic rings. The van der Waals surface area contributed by atoms with Gasteiger partial charge in [0, 0.05) is 18.0 Å². The second-order valence-corrected chi connectivity index (χ2v) is 6.47. The number of amides is 1. The number of nitrogens with zero attached hydrogens (tertiary/aromatic N) is 1. The minimum absolute atomic E-state index is 0.0746. The maximum atomic E-state index is 12.5. The Labute approximate surface area is 138 Å². The highest BCUT2D eigenvalue weighted by Gasteiger charge is 2.27. The summed E-state index contributed by atoms with van der Waals surface area (Å²) in [5.41, 5.74) is 1.48. The van der Waals surface area contributed by atoms with Crippen molar-refractivity contribution in [2.75, 3.05) is 6.54 Å². The predicted octanol–water partition coefficient (Wildman–Crippen LogP) is 2.58. The number of hydrogen-bond acceptors (Lipinski definition) is 5. The van der Waals surface area contributed by atoms with Crippen molar-refractivity contribution in [2.45, 2.75) is 26.0 Å². The Hall–Kier alpha value is -2.34. The number of phenols is 1. The molecule has 1 unspecified atom stereocenters. The fourth-order valence-corrected chi connectivity index (χ4v) is 3.46. The van der Waals surface area contributed by atoms with E-state index in [4.69, 9.17) is 4.74 Å². The molecule has 120 valence electrons. The summed E-state index contributed by atoms with van der Waals surface area (Å²) < 4.78 is 5.25. The Morgan fingerprint density at radius 2 is 2.00 bits per heavy atom. The van der Waals surface area contributed by atoms with Gasteiger partial charge in [0.1, 0.15) is 5.75 Å². The molecule has 2 aromatic rings. The second-order valence-electron chi connectivity index (χ2n) is 5.47. The molecule has 0 saturated carbocycles. The van der Waals surface area contributed by atoms with E-state index in [1.807, 2.05) is 11.4 Å². The van der Waals surface area contributed by atoms with Gasteiger partial charge in [-0.2, -0.15) is 0 Å². The van der Waals surface area contributed by atoms with Crippen LogP contribution in [0.2, 0.25) is 0 Å². The van der Waals surface area contributed by atoms with Crippen LogP contribution in [0.3, 0.4) is 0 Å². The minimum Gasteiger partial charge on any atom is -0.508 e. The van der Waals surface area contributed by atoms with Gasteiger partial charge in [-0.05, 0) is 54.6 Å². The van der Waals surface area contributed by atoms with Crippen LogP contribution in [0.1, 0.15) is 27.7 Å². The summed E-state index contributed by atoms with van der Waals surface area (Å²) in [7, 11) is 0. The quantitative estimate of drug-likeness (QED) is 0.878. The third-order valence-electron chi connectivity index (χ3n) is 3.85. The summed E-state index contributed by atoms with van der Waals surface area (Å²) in [5, 5.41) is 11.3. The summed E-state index contributed by atoms with van der Waals surface area (Å²) in [5.74, 6) is -0.682. The number of fused-ring (bicyclic) bond motifs is 1. The van der Waals surface area contributed by atoms with Crippen LogP contribution >= 0.6 is 11.3 Å². The van der Waals surface area contributed by atoms with E-state index in [-0.39, 0.29) is 11.7 Å². The fraction of sp³-hybridized carbons (Fsp3) is 0.294. The van der Waals surface area contributed by atoms with Gasteiger partial charge < -0.3 is 14.7 Å². The molecule has 3 rings (SSSR count). The van der Waals surface area contributed by atoms with Crippen LogP contribution in [0.25, 0.3) is 0 Å². The first-order valence-corrected chi connectivity index (χ1v) is 8.26. The molecule has 1 aliphatic heterocycles. The van der Waals surface area contributed by atoms with Crippen LogP contribution in [0.5, 0.6) is 5.75 Å². The van der Waals surface area contributed by atoms with Gasteiger partial charge in [0.2, 0.25) is 0 Å². The Balaban J connectivity index is 1.62. The van der Waals surface area contributed by atoms with Crippen molar-refractivity contribution in [1.29, 1.82) is 0 Å². The molecule has 1 atom stereocenters. The SMILES string of the molecule is CC(OC(=O)c1ccc(O)cc1)C(=O)N1CCc2sccc2C1. The number of esters is 1. The van der Waals surface area contributed by atoms with Gasteiger partial charge in [0.25, 0.3) is 5.91 Å². The highest BCUT2D eigenvalue weighted by atomic mass is 32.1. The van der Waals surface area contributed by atoms with E-state index in [9.17, 15) is 14.7 Å². The van der Waals surface area contributed by atoms with Crippen molar-refractivity contribution in [2.24, 2.45) is 0 Å². The summed E-state index contributed by atoms with van der Waals surface area (Å²) >= 11 is 1.71. The van der Waals surface area contributed by atoms with Crippen LogP contribution in [0.4, 0.5) is 0 Å². The van der Waals surface area contributed by atoms with E-state index in [0.717, 1.165) is 6.42 Å². The van der Waals surface area contributed by atoms with Gasteiger partial charge in [-0.15, -0.1) is 11.3 Å². The predicted molar refractivity (Wildman–Crippen MR) is 86.4 cm³/mol. The van der Waals surface area contributed by atoms with Gasteiger partial charge in [0.05, 0.1) is 5.56 Å². The summed E-state index contributed by atoms with van der Waals surface area (Å²) in [6.07, 6.45) is 0.00803. The molecule has 23 heavy (non-hydrogen) atoms. The molecule has 1 aromatic carbocycles. The second kappa shape index (κ2) is 6.42. The third kappa shape index (κ3) is 3.37. The summed E-state index contributed by atoms with van der Waals surface area (Å²) in [6.45, 7) is 2.80. The van der Waals surface area contributed by atoms with Gasteiger partial charge in [-0.3, -0.25) is 4.79 Å². The zero-order valence-corrected chi connectivity index (χ0v) is 13.5. The third-order valence-corrected chi connectivity index (χ3v) is 4.88. The van der Waals surface area contributed by atoms with E-state index < -0.39 is 12.1 Å². The molecule has 0 fully saturated rings. The lowest BCUT2D eigenvalue weighted by molar-refractivity contribution is -0.140. The molecule has 6 heteroatoms. The van der Waals surface area contributed by atoms with Crippen molar-refractivity contribution in [3.63, 3.8) is 0 Å². The minimum atomic E-state index is -0.837. The molecule has 2 heterocycles. The number of carbonyl (C=O) groups is 2. The lowest BCUT2D eigenvalue weighted by atomic mass is 10.1. The topological polar surface area (TPSA) is 66.8 Å². The van der Waals surface area contributed by atoms with Gasteiger partial charge in [-0.25, -0.2) is 4.79 Å². The number of benzene rings is 1. The molecular formula is C17H17NO4S. The largest absolute Gasteiger partial charge is 0.508 e. The van der Waals surface area contributed by atoms with Crippen molar-refractivity contribution in [3.8, 4) is 5.75 Å². The zero-order chi connectivity index (χ0) is 16.4. The summed E-state index contributed by atoms with van der Waals surface area (Å²) in [6, 6.07) is 7.78. The molecule has 1 aromatic heterocycles. The van der Waals surface area contributed by atoms with Crippen molar-refractivity contribution in [1.82, 2.24) is 4.90 Å². The van der Waals surface area contributed by atoms with E-state index >= 15 is 0 Å². The maximum Gasteiger partial charge on any atom is 0.338 e. The molecule has 0 radical (unpaired) electrons. The van der Waals surface area contributed by atoms with E-state index in [1.165, 1.54) is 34.7 Å². The molecule has 5 nitrogen and oxygen atoms in total. The van der Waals surface area contributed by atoms with Crippen LogP contribution in [0, 0.1) is 0 Å². The number of phenolic OH excluding ortho intramolecular Hbond substituents is 1. The van der Waals surface area contributed by atoms with Crippen molar-refractivity contribution < 1.29 is 19.4 Å². The van der Waals surface area contributed by atoms with E-state index in [2.05, 4.69) is 0 Å². The first-order valence-electron chi connectivity index (χ1n) is 7.38. The number of carbonyl (C=O) groups excluding carboxylic acids is 2. The van der Waals surface area contributed by atoms with Crippen molar-refractivity contribution in [3.05, 3.63) is 51.7 Å². The highest BCUT2D eigenvalue weighted by Crippen LogP contribution is 2.24. The molecular weight excluding hydrogens is 314 g/mol. The average molecular weight is 331 g/mol. The Morgan fingerprint density at radius 1 is 1.26 bits per heavy atom. The van der Waals surface area contributed by atoms with Gasteiger partial charge in [0.15, 0.2) is 6.10 Å². The fourth-order valence-electron chi connectivity index (χ4n) is 2.57. The average Bonchev–Trinajstić information content (AvgIpc) is 3.02. The van der Waals surface area contributed by atoms with Crippen LogP contribution in [-0.2, 0) is 22.5 Å². The Bertz CT molecular complexity index is 722. The molecule has 1 N–H and O–H groups in total. The molecule has 0 bridgehead atoms. The van der Waals surface area contributed by atoms with Crippen molar-refractivity contribution >= 4 is 23.2 Å². The Morgan fingerprint density at radius 3 is 2.74 bits per heavy atom. The number of rotatable bonds is 3. The smallest absolute Gasteiger partial charge is 0.338 e. The number of aromatic hydroxyl groups is 1. The number of ether oxygens (including phenoxy) is 1. The molecule has 0 aliphatic carbocycles. The van der Waals surface area contributed by atoms with Gasteiger partial charge in [-0.1, -0.05) is 0 Å². The zero-order valence-electron chi connectivity index (χ0n) is 12.7. The van der Waals surface area contributed by atoms with Crippen LogP contribution in [0.15, 0.2) is 35.7 Å². The number of thiophene rings is 1. The van der Waals surface area contributed by atoms with E-state index in [1.54, 1.807) is 23.2 Å². The monoisotopic (exact) mass is 331 g/mol. The maximum absolute atomic E-state index is 12.5. The van der Waals surface area contributed by atoms with E-state index in [0.29, 0.717) is 18.7 Å². The van der Waals surface area contributed by atoms with Crippen LogP contribution < -0.4 is 0 Å². The molecule has 1 amide bonds. The van der Waals surface area contributed by atoms with Crippen LogP contribution in [-0.4, -0.2) is 34.5 Å².